The Labute approximate surface area is 103 Å². The molecule has 0 saturated carbocycles. The molecule has 1 aromatic rings. The Kier molecular flexibility index (Phi) is 5.51. The standard InChI is InChI=1S/C14H19NO2/c1-11-10-13(12(2)16)6-7-14(11)17-9-5-3-4-8-15/h6-7,10,12,16H,3-5,9H2,1-2H3/t12-/m1/s1. The lowest BCUT2D eigenvalue weighted by atomic mass is 10.1. The molecule has 92 valence electrons. The summed E-state index contributed by atoms with van der Waals surface area (Å²) in [6.45, 7) is 4.35. The van der Waals surface area contributed by atoms with Crippen LogP contribution < -0.4 is 4.74 Å². The molecule has 0 radical (unpaired) electrons. The number of ether oxygens (including phenoxy) is 1. The van der Waals surface area contributed by atoms with Crippen molar-refractivity contribution >= 4 is 0 Å². The van der Waals surface area contributed by atoms with E-state index in [9.17, 15) is 5.11 Å². The van der Waals surface area contributed by atoms with Crippen molar-refractivity contribution < 1.29 is 9.84 Å². The normalized spacial score (nSPS) is 11.9. The molecule has 3 heteroatoms. The van der Waals surface area contributed by atoms with Gasteiger partial charge in [-0.3, -0.25) is 0 Å². The van der Waals surface area contributed by atoms with Crippen molar-refractivity contribution in [1.82, 2.24) is 0 Å². The first kappa shape index (κ1) is 13.5. The van der Waals surface area contributed by atoms with Gasteiger partial charge in [-0.05, 0) is 49.9 Å². The van der Waals surface area contributed by atoms with Crippen LogP contribution >= 0.6 is 0 Å². The Hall–Kier alpha value is -1.53. The Bertz CT molecular complexity index is 394. The highest BCUT2D eigenvalue weighted by Crippen LogP contribution is 2.22. The zero-order chi connectivity index (χ0) is 12.7. The van der Waals surface area contributed by atoms with Crippen molar-refractivity contribution in [2.24, 2.45) is 0 Å². The molecule has 0 fully saturated rings. The number of nitriles is 1. The molecule has 0 aromatic heterocycles. The third kappa shape index (κ3) is 4.46. The van der Waals surface area contributed by atoms with Gasteiger partial charge in [0.15, 0.2) is 0 Å². The Morgan fingerprint density at radius 1 is 1.41 bits per heavy atom. The molecule has 1 atom stereocenters. The highest BCUT2D eigenvalue weighted by Gasteiger charge is 2.04. The van der Waals surface area contributed by atoms with Crippen LogP contribution in [0, 0.1) is 18.3 Å². The average molecular weight is 233 g/mol. The van der Waals surface area contributed by atoms with Crippen LogP contribution in [0.5, 0.6) is 5.75 Å². The van der Waals surface area contributed by atoms with E-state index in [-0.39, 0.29) is 0 Å². The third-order valence-electron chi connectivity index (χ3n) is 2.62. The van der Waals surface area contributed by atoms with Crippen LogP contribution in [0.4, 0.5) is 0 Å². The van der Waals surface area contributed by atoms with Gasteiger partial charge in [-0.15, -0.1) is 0 Å². The maximum absolute atomic E-state index is 9.44. The quantitative estimate of drug-likeness (QED) is 0.768. The predicted molar refractivity (Wildman–Crippen MR) is 66.8 cm³/mol. The Morgan fingerprint density at radius 3 is 2.76 bits per heavy atom. The van der Waals surface area contributed by atoms with Crippen LogP contribution in [0.1, 0.15) is 43.4 Å². The molecule has 0 aliphatic rings. The van der Waals surface area contributed by atoms with Gasteiger partial charge < -0.3 is 9.84 Å². The number of hydrogen-bond acceptors (Lipinski definition) is 3. The van der Waals surface area contributed by atoms with Crippen molar-refractivity contribution in [2.75, 3.05) is 6.61 Å². The minimum atomic E-state index is -0.446. The summed E-state index contributed by atoms with van der Waals surface area (Å²) < 4.78 is 5.63. The van der Waals surface area contributed by atoms with Gasteiger partial charge in [-0.2, -0.15) is 5.26 Å². The molecule has 3 nitrogen and oxygen atoms in total. The van der Waals surface area contributed by atoms with E-state index in [4.69, 9.17) is 10.00 Å². The number of aliphatic hydroxyl groups excluding tert-OH is 1. The second-order valence-electron chi connectivity index (χ2n) is 4.16. The molecule has 0 spiro atoms. The Morgan fingerprint density at radius 2 is 2.18 bits per heavy atom. The van der Waals surface area contributed by atoms with Gasteiger partial charge >= 0.3 is 0 Å². The summed E-state index contributed by atoms with van der Waals surface area (Å²) in [7, 11) is 0. The number of benzene rings is 1. The van der Waals surface area contributed by atoms with Crippen LogP contribution in [-0.2, 0) is 0 Å². The van der Waals surface area contributed by atoms with Gasteiger partial charge in [0.25, 0.3) is 0 Å². The van der Waals surface area contributed by atoms with Crippen molar-refractivity contribution in [3.05, 3.63) is 29.3 Å². The van der Waals surface area contributed by atoms with E-state index >= 15 is 0 Å². The lowest BCUT2D eigenvalue weighted by Crippen LogP contribution is -2.00. The molecule has 0 aliphatic heterocycles. The lowest BCUT2D eigenvalue weighted by molar-refractivity contribution is 0.199. The van der Waals surface area contributed by atoms with E-state index in [0.29, 0.717) is 13.0 Å². The van der Waals surface area contributed by atoms with Gasteiger partial charge in [-0.25, -0.2) is 0 Å². The molecule has 0 saturated heterocycles. The minimum Gasteiger partial charge on any atom is -0.493 e. The lowest BCUT2D eigenvalue weighted by Gasteiger charge is -2.11. The molecule has 0 bridgehead atoms. The smallest absolute Gasteiger partial charge is 0.122 e. The van der Waals surface area contributed by atoms with E-state index < -0.39 is 6.10 Å². The second-order valence-corrected chi connectivity index (χ2v) is 4.16. The minimum absolute atomic E-state index is 0.446. The number of rotatable bonds is 6. The van der Waals surface area contributed by atoms with Gasteiger partial charge in [0, 0.05) is 6.42 Å². The summed E-state index contributed by atoms with van der Waals surface area (Å²) in [6.07, 6.45) is 1.91. The molecular weight excluding hydrogens is 214 g/mol. The Balaban J connectivity index is 2.47. The topological polar surface area (TPSA) is 53.2 Å². The maximum atomic E-state index is 9.44. The first-order valence-corrected chi connectivity index (χ1v) is 5.93. The fourth-order valence-corrected chi connectivity index (χ4v) is 1.58. The van der Waals surface area contributed by atoms with Crippen LogP contribution in [0.25, 0.3) is 0 Å². The van der Waals surface area contributed by atoms with Gasteiger partial charge in [0.2, 0.25) is 0 Å². The van der Waals surface area contributed by atoms with E-state index in [1.807, 2.05) is 25.1 Å². The molecule has 17 heavy (non-hydrogen) atoms. The molecule has 0 amide bonds. The molecule has 0 heterocycles. The van der Waals surface area contributed by atoms with Gasteiger partial charge in [0.1, 0.15) is 5.75 Å². The van der Waals surface area contributed by atoms with E-state index in [1.54, 1.807) is 6.92 Å². The molecule has 1 rings (SSSR count). The molecule has 0 aliphatic carbocycles. The van der Waals surface area contributed by atoms with E-state index in [0.717, 1.165) is 29.7 Å². The first-order valence-electron chi connectivity index (χ1n) is 5.93. The van der Waals surface area contributed by atoms with Crippen LogP contribution in [0.3, 0.4) is 0 Å². The van der Waals surface area contributed by atoms with Crippen LogP contribution in [-0.4, -0.2) is 11.7 Å². The van der Waals surface area contributed by atoms with E-state index in [2.05, 4.69) is 6.07 Å². The molecule has 1 aromatic carbocycles. The summed E-state index contributed by atoms with van der Waals surface area (Å²) in [5.41, 5.74) is 1.93. The zero-order valence-corrected chi connectivity index (χ0v) is 10.4. The highest BCUT2D eigenvalue weighted by molar-refractivity contribution is 5.36. The van der Waals surface area contributed by atoms with Crippen molar-refractivity contribution in [3.8, 4) is 11.8 Å². The average Bonchev–Trinajstić information content (AvgIpc) is 2.30. The van der Waals surface area contributed by atoms with Crippen LogP contribution in [0.2, 0.25) is 0 Å². The summed E-state index contributed by atoms with van der Waals surface area (Å²) in [5, 5.41) is 17.8. The van der Waals surface area contributed by atoms with Crippen molar-refractivity contribution in [3.63, 3.8) is 0 Å². The maximum Gasteiger partial charge on any atom is 0.122 e. The van der Waals surface area contributed by atoms with Crippen molar-refractivity contribution in [1.29, 1.82) is 5.26 Å². The summed E-state index contributed by atoms with van der Waals surface area (Å²) >= 11 is 0. The monoisotopic (exact) mass is 233 g/mol. The summed E-state index contributed by atoms with van der Waals surface area (Å²) in [4.78, 5) is 0. The molecular formula is C14H19NO2. The van der Waals surface area contributed by atoms with Gasteiger partial charge in [0.05, 0.1) is 18.8 Å². The largest absolute Gasteiger partial charge is 0.493 e. The SMILES string of the molecule is Cc1cc([C@@H](C)O)ccc1OCCCCC#N. The zero-order valence-electron chi connectivity index (χ0n) is 10.4. The number of aliphatic hydroxyl groups is 1. The van der Waals surface area contributed by atoms with Gasteiger partial charge in [-0.1, -0.05) is 6.07 Å². The predicted octanol–water partition coefficient (Wildman–Crippen LogP) is 3.12. The van der Waals surface area contributed by atoms with E-state index in [1.165, 1.54) is 0 Å². The van der Waals surface area contributed by atoms with Crippen molar-refractivity contribution in [2.45, 2.75) is 39.2 Å². The molecule has 0 unspecified atom stereocenters. The summed E-state index contributed by atoms with van der Waals surface area (Å²) in [6, 6.07) is 7.82. The van der Waals surface area contributed by atoms with Crippen LogP contribution in [0.15, 0.2) is 18.2 Å². The fraction of sp³-hybridized carbons (Fsp3) is 0.500. The highest BCUT2D eigenvalue weighted by atomic mass is 16.5. The fourth-order valence-electron chi connectivity index (χ4n) is 1.58. The number of hydrogen-bond donors (Lipinski definition) is 1. The first-order chi connectivity index (χ1) is 8.15. The summed E-state index contributed by atoms with van der Waals surface area (Å²) in [5.74, 6) is 0.853. The number of nitrogens with zero attached hydrogens (tertiary/aromatic N) is 1. The second kappa shape index (κ2) is 6.93. The number of aryl methyl sites for hydroxylation is 1. The third-order valence-corrected chi connectivity index (χ3v) is 2.62. The molecule has 1 N–H and O–H groups in total. The number of unbranched alkanes of at least 4 members (excludes halogenated alkanes) is 2.